The molecule has 0 aliphatic carbocycles. The first-order valence-electron chi connectivity index (χ1n) is 12.5. The van der Waals surface area contributed by atoms with Gasteiger partial charge in [-0.05, 0) is 62.8 Å². The monoisotopic (exact) mass is 506 g/mol. The van der Waals surface area contributed by atoms with Gasteiger partial charge in [-0.3, -0.25) is 14.0 Å². The van der Waals surface area contributed by atoms with Crippen molar-refractivity contribution in [3.63, 3.8) is 0 Å². The van der Waals surface area contributed by atoms with Crippen molar-refractivity contribution in [1.82, 2.24) is 19.2 Å². The highest BCUT2D eigenvalue weighted by molar-refractivity contribution is 6.46. The maximum Gasteiger partial charge on any atom is 0.295 e. The molecule has 0 saturated carbocycles. The molecule has 1 aromatic carbocycles. The number of carbonyl (C=O) groups excluding carboxylic acids is 2. The zero-order valence-corrected chi connectivity index (χ0v) is 22.0. The zero-order chi connectivity index (χ0) is 26.7. The van der Waals surface area contributed by atoms with E-state index in [-0.39, 0.29) is 11.3 Å². The summed E-state index contributed by atoms with van der Waals surface area (Å²) in [5.41, 5.74) is 2.27. The van der Waals surface area contributed by atoms with E-state index in [0.29, 0.717) is 47.1 Å². The normalized spacial score (nSPS) is 17.2. The molecule has 9 heteroatoms. The predicted octanol–water partition coefficient (Wildman–Crippen LogP) is 3.81. The van der Waals surface area contributed by atoms with Crippen LogP contribution in [0.15, 0.2) is 48.2 Å². The summed E-state index contributed by atoms with van der Waals surface area (Å²) < 4.78 is 12.6. The number of imidazole rings is 1. The number of carbonyl (C=O) groups is 2. The van der Waals surface area contributed by atoms with Crippen LogP contribution in [0.2, 0.25) is 0 Å². The third-order valence-electron chi connectivity index (χ3n) is 6.96. The Morgan fingerprint density at radius 1 is 1.08 bits per heavy atom. The molecule has 0 radical (unpaired) electrons. The van der Waals surface area contributed by atoms with Gasteiger partial charge in [0.1, 0.15) is 11.3 Å². The van der Waals surface area contributed by atoms with Crippen molar-refractivity contribution in [3.8, 4) is 11.5 Å². The van der Waals surface area contributed by atoms with Gasteiger partial charge in [-0.25, -0.2) is 4.98 Å². The molecule has 0 bridgehead atoms. The van der Waals surface area contributed by atoms with E-state index >= 15 is 0 Å². The van der Waals surface area contributed by atoms with Crippen molar-refractivity contribution in [2.75, 3.05) is 40.4 Å². The van der Waals surface area contributed by atoms with Crippen LogP contribution in [0.3, 0.4) is 0 Å². The van der Waals surface area contributed by atoms with Gasteiger partial charge < -0.3 is 24.4 Å². The fourth-order valence-corrected chi connectivity index (χ4v) is 5.01. The second-order valence-corrected chi connectivity index (χ2v) is 8.96. The summed E-state index contributed by atoms with van der Waals surface area (Å²) in [6.07, 6.45) is 2.46. The lowest BCUT2D eigenvalue weighted by molar-refractivity contribution is -0.140. The number of aromatic nitrogens is 2. The minimum absolute atomic E-state index is 0.0359. The summed E-state index contributed by atoms with van der Waals surface area (Å²) in [7, 11) is 3.08. The van der Waals surface area contributed by atoms with E-state index in [2.05, 4.69) is 23.7 Å². The molecule has 37 heavy (non-hydrogen) atoms. The van der Waals surface area contributed by atoms with Gasteiger partial charge >= 0.3 is 0 Å². The number of ether oxygens (including phenoxy) is 2. The smallest absolute Gasteiger partial charge is 0.295 e. The van der Waals surface area contributed by atoms with Gasteiger partial charge in [0.2, 0.25) is 0 Å². The van der Waals surface area contributed by atoms with Crippen LogP contribution < -0.4 is 9.47 Å². The van der Waals surface area contributed by atoms with E-state index in [1.54, 1.807) is 47.7 Å². The number of likely N-dealkylation sites (tertiary alicyclic amines) is 1. The Balaban J connectivity index is 1.86. The van der Waals surface area contributed by atoms with E-state index in [1.165, 1.54) is 7.11 Å². The second-order valence-electron chi connectivity index (χ2n) is 8.96. The number of amides is 1. The molecule has 1 aliphatic heterocycles. The molecule has 1 amide bonds. The first-order chi connectivity index (χ1) is 17.9. The summed E-state index contributed by atoms with van der Waals surface area (Å²) in [6, 6.07) is 9.99. The van der Waals surface area contributed by atoms with Crippen LogP contribution in [0.1, 0.15) is 43.3 Å². The molecule has 1 atom stereocenters. The molecule has 1 aliphatic rings. The highest BCUT2D eigenvalue weighted by atomic mass is 16.5. The van der Waals surface area contributed by atoms with Gasteiger partial charge in [-0.15, -0.1) is 0 Å². The van der Waals surface area contributed by atoms with Crippen molar-refractivity contribution in [3.05, 3.63) is 65.1 Å². The Hall–Kier alpha value is -3.85. The third-order valence-corrected chi connectivity index (χ3v) is 6.96. The third kappa shape index (κ3) is 4.79. The highest BCUT2D eigenvalue weighted by Gasteiger charge is 2.46. The quantitative estimate of drug-likeness (QED) is 0.254. The van der Waals surface area contributed by atoms with Crippen LogP contribution in [-0.4, -0.2) is 76.4 Å². The lowest BCUT2D eigenvalue weighted by Crippen LogP contribution is -2.33. The summed E-state index contributed by atoms with van der Waals surface area (Å²) in [5.74, 6) is -0.597. The average molecular weight is 507 g/mol. The van der Waals surface area contributed by atoms with Gasteiger partial charge in [0.15, 0.2) is 17.3 Å². The molecule has 1 unspecified atom stereocenters. The maximum atomic E-state index is 13.5. The van der Waals surface area contributed by atoms with E-state index in [9.17, 15) is 14.7 Å². The minimum atomic E-state index is -0.787. The van der Waals surface area contributed by atoms with E-state index < -0.39 is 17.7 Å². The molecule has 1 N–H and O–H groups in total. The molecule has 3 aromatic rings. The number of hydrogen-bond acceptors (Lipinski definition) is 7. The number of rotatable bonds is 10. The largest absolute Gasteiger partial charge is 0.505 e. The molecule has 9 nitrogen and oxygen atoms in total. The van der Waals surface area contributed by atoms with Crippen molar-refractivity contribution in [2.45, 2.75) is 33.2 Å². The molecule has 3 heterocycles. The van der Waals surface area contributed by atoms with Crippen LogP contribution in [-0.2, 0) is 9.59 Å². The molecule has 4 rings (SSSR count). The number of hydrogen-bond donors (Lipinski definition) is 1. The van der Waals surface area contributed by atoms with Gasteiger partial charge in [-0.1, -0.05) is 26.0 Å². The van der Waals surface area contributed by atoms with Gasteiger partial charge in [0.25, 0.3) is 11.7 Å². The van der Waals surface area contributed by atoms with Crippen LogP contribution in [0.4, 0.5) is 0 Å². The topological polar surface area (TPSA) is 96.6 Å². The SMILES string of the molecule is CCN(CC)CCCN1C(=O)C(=O)C(=C(O)c2c(C)nc3ccccn23)C1c1ccc(OC)c(OC)c1. The number of aryl methyl sites for hydroxylation is 1. The lowest BCUT2D eigenvalue weighted by Gasteiger charge is -2.27. The fourth-order valence-electron chi connectivity index (χ4n) is 5.01. The number of aliphatic hydroxyl groups excluding tert-OH is 1. The average Bonchev–Trinajstić information content (AvgIpc) is 3.38. The highest BCUT2D eigenvalue weighted by Crippen LogP contribution is 2.42. The Kier molecular flexibility index (Phi) is 7.83. The van der Waals surface area contributed by atoms with Gasteiger partial charge in [0, 0.05) is 12.7 Å². The first-order valence-corrected chi connectivity index (χ1v) is 12.5. The molecular weight excluding hydrogens is 472 g/mol. The van der Waals surface area contributed by atoms with E-state index in [0.717, 1.165) is 19.6 Å². The Morgan fingerprint density at radius 3 is 2.49 bits per heavy atom. The lowest BCUT2D eigenvalue weighted by atomic mass is 9.95. The molecular formula is C28H34N4O5. The van der Waals surface area contributed by atoms with E-state index in [1.807, 2.05) is 18.2 Å². The van der Waals surface area contributed by atoms with Crippen molar-refractivity contribution in [2.24, 2.45) is 0 Å². The fraction of sp³-hybridized carbons (Fsp3) is 0.393. The number of fused-ring (bicyclic) bond motifs is 1. The molecule has 1 saturated heterocycles. The summed E-state index contributed by atoms with van der Waals surface area (Å²) in [6.45, 7) is 8.93. The van der Waals surface area contributed by atoms with Crippen LogP contribution in [0.5, 0.6) is 11.5 Å². The molecule has 0 spiro atoms. The summed E-state index contributed by atoms with van der Waals surface area (Å²) in [4.78, 5) is 35.2. The molecule has 1 fully saturated rings. The summed E-state index contributed by atoms with van der Waals surface area (Å²) >= 11 is 0. The van der Waals surface area contributed by atoms with E-state index in [4.69, 9.17) is 9.47 Å². The molecule has 196 valence electrons. The first kappa shape index (κ1) is 26.2. The van der Waals surface area contributed by atoms with Crippen LogP contribution in [0, 0.1) is 6.92 Å². The van der Waals surface area contributed by atoms with Crippen LogP contribution >= 0.6 is 0 Å². The maximum absolute atomic E-state index is 13.5. The number of benzene rings is 1. The number of Topliss-reactive ketones (excluding diaryl/α,β-unsaturated/α-hetero) is 1. The predicted molar refractivity (Wildman–Crippen MR) is 141 cm³/mol. The van der Waals surface area contributed by atoms with Crippen molar-refractivity contribution < 1.29 is 24.2 Å². The zero-order valence-electron chi connectivity index (χ0n) is 22.0. The molecule has 2 aromatic heterocycles. The standard InChI is InChI=1S/C28H34N4O5/c1-6-30(7-2)14-10-16-32-25(19-12-13-20(36-4)21(17-19)37-5)23(27(34)28(32)35)26(33)24-18(3)29-22-11-8-9-15-31(22)24/h8-9,11-13,15,17,25,33H,6-7,10,14,16H2,1-5H3. The number of ketones is 1. The second kappa shape index (κ2) is 11.0. The summed E-state index contributed by atoms with van der Waals surface area (Å²) in [5, 5.41) is 11.6. The Morgan fingerprint density at radius 2 is 1.81 bits per heavy atom. The van der Waals surface area contributed by atoms with Crippen molar-refractivity contribution >= 4 is 23.1 Å². The minimum Gasteiger partial charge on any atom is -0.505 e. The number of nitrogens with zero attached hydrogens (tertiary/aromatic N) is 4. The number of methoxy groups -OCH3 is 2. The Bertz CT molecular complexity index is 1340. The van der Waals surface area contributed by atoms with Gasteiger partial charge in [0.05, 0.1) is 31.5 Å². The van der Waals surface area contributed by atoms with Crippen molar-refractivity contribution in [1.29, 1.82) is 0 Å². The van der Waals surface area contributed by atoms with Crippen LogP contribution in [0.25, 0.3) is 11.4 Å². The van der Waals surface area contributed by atoms with Gasteiger partial charge in [-0.2, -0.15) is 0 Å². The Labute approximate surface area is 216 Å². The number of aliphatic hydroxyl groups is 1. The number of pyridine rings is 1.